The predicted molar refractivity (Wildman–Crippen MR) is 115 cm³/mol. The van der Waals surface area contributed by atoms with Gasteiger partial charge in [-0.2, -0.15) is 0 Å². The van der Waals surface area contributed by atoms with Crippen molar-refractivity contribution in [2.24, 2.45) is 5.92 Å². The number of Topliss-reactive ketones (excluding diaryl/α,β-unsaturated/α-hetero) is 1. The average Bonchev–Trinajstić information content (AvgIpc) is 3.26. The number of likely N-dealkylation sites (tertiary alicyclic amines) is 1. The second kappa shape index (κ2) is 8.31. The number of hydrogen-bond donors (Lipinski definition) is 1. The Morgan fingerprint density at radius 1 is 1.10 bits per heavy atom. The minimum absolute atomic E-state index is 0.0219. The van der Waals surface area contributed by atoms with Crippen molar-refractivity contribution < 1.29 is 14.7 Å². The van der Waals surface area contributed by atoms with Crippen molar-refractivity contribution in [3.05, 3.63) is 46.7 Å². The maximum atomic E-state index is 12.9. The van der Waals surface area contributed by atoms with Crippen LogP contribution < -0.4 is 0 Å². The van der Waals surface area contributed by atoms with Crippen LogP contribution in [0.2, 0.25) is 0 Å². The molecule has 1 atom stereocenters. The Morgan fingerprint density at radius 3 is 2.21 bits per heavy atom. The Bertz CT molecular complexity index is 796. The Balaban J connectivity index is 1.95. The van der Waals surface area contributed by atoms with Crippen LogP contribution >= 0.6 is 0 Å². The summed E-state index contributed by atoms with van der Waals surface area (Å²) < 4.78 is 0. The third-order valence-electron chi connectivity index (χ3n) is 6.04. The molecule has 0 bridgehead atoms. The van der Waals surface area contributed by atoms with E-state index in [2.05, 4.69) is 37.8 Å². The molecule has 3 rings (SSSR count). The molecule has 1 unspecified atom stereocenters. The first-order valence-electron chi connectivity index (χ1n) is 10.7. The van der Waals surface area contributed by atoms with Crippen LogP contribution in [0.1, 0.15) is 64.6 Å². The van der Waals surface area contributed by atoms with E-state index in [1.54, 1.807) is 18.7 Å². The maximum absolute atomic E-state index is 12.9. The van der Waals surface area contributed by atoms with Gasteiger partial charge in [0.2, 0.25) is 0 Å². The van der Waals surface area contributed by atoms with Gasteiger partial charge in [0, 0.05) is 19.0 Å². The van der Waals surface area contributed by atoms with Gasteiger partial charge < -0.3 is 14.9 Å². The number of rotatable bonds is 6. The zero-order chi connectivity index (χ0) is 21.3. The summed E-state index contributed by atoms with van der Waals surface area (Å²) in [5.41, 5.74) is 2.34. The lowest BCUT2D eigenvalue weighted by molar-refractivity contribution is -0.129. The molecule has 1 N–H and O–H groups in total. The molecule has 2 heterocycles. The molecule has 0 spiro atoms. The molecule has 1 aromatic carbocycles. The average molecular weight is 399 g/mol. The summed E-state index contributed by atoms with van der Waals surface area (Å²) in [4.78, 5) is 29.8. The van der Waals surface area contributed by atoms with Gasteiger partial charge in [-0.15, -0.1) is 0 Å². The van der Waals surface area contributed by atoms with Crippen LogP contribution in [0.4, 0.5) is 0 Å². The van der Waals surface area contributed by atoms with E-state index in [-0.39, 0.29) is 28.4 Å². The van der Waals surface area contributed by atoms with Gasteiger partial charge in [0.25, 0.3) is 5.91 Å². The van der Waals surface area contributed by atoms with E-state index in [0.29, 0.717) is 6.54 Å². The monoisotopic (exact) mass is 398 g/mol. The van der Waals surface area contributed by atoms with Crippen LogP contribution in [0, 0.1) is 5.92 Å². The lowest BCUT2D eigenvalue weighted by Gasteiger charge is -2.29. The first kappa shape index (κ1) is 21.6. The fourth-order valence-electron chi connectivity index (χ4n) is 4.21. The molecule has 158 valence electrons. The normalized spacial score (nSPS) is 21.0. The van der Waals surface area contributed by atoms with Crippen molar-refractivity contribution in [2.45, 2.75) is 58.9 Å². The van der Waals surface area contributed by atoms with Crippen LogP contribution in [-0.4, -0.2) is 52.8 Å². The number of ketones is 1. The highest BCUT2D eigenvalue weighted by Gasteiger charge is 2.43. The fraction of sp³-hybridized carbons (Fsp3) is 0.583. The van der Waals surface area contributed by atoms with Crippen LogP contribution in [0.3, 0.4) is 0 Å². The number of nitrogens with zero attached hydrogens (tertiary/aromatic N) is 2. The van der Waals surface area contributed by atoms with Crippen LogP contribution in [-0.2, 0) is 15.0 Å². The zero-order valence-electron chi connectivity index (χ0n) is 18.4. The van der Waals surface area contributed by atoms with Crippen molar-refractivity contribution in [2.75, 3.05) is 26.2 Å². The molecule has 2 aliphatic heterocycles. The lowest BCUT2D eigenvalue weighted by atomic mass is 9.85. The molecule has 1 amide bonds. The Kier molecular flexibility index (Phi) is 6.18. The SMILES string of the molecule is CC(C)C(=O)C1=C(O)C(=O)N(CCN2CCCC2)C1c1ccc(C(C)(C)C)cc1. The number of aliphatic hydroxyl groups is 1. The molecule has 0 radical (unpaired) electrons. The minimum Gasteiger partial charge on any atom is -0.503 e. The lowest BCUT2D eigenvalue weighted by Crippen LogP contribution is -2.38. The summed E-state index contributed by atoms with van der Waals surface area (Å²) in [5.74, 6) is -1.26. The van der Waals surface area contributed by atoms with Crippen molar-refractivity contribution in [3.8, 4) is 0 Å². The number of carbonyl (C=O) groups excluding carboxylic acids is 2. The minimum atomic E-state index is -0.519. The largest absolute Gasteiger partial charge is 0.503 e. The van der Waals surface area contributed by atoms with E-state index in [9.17, 15) is 14.7 Å². The molecule has 2 aliphatic rings. The summed E-state index contributed by atoms with van der Waals surface area (Å²) in [6.07, 6.45) is 2.37. The highest BCUT2D eigenvalue weighted by atomic mass is 16.3. The highest BCUT2D eigenvalue weighted by molar-refractivity contribution is 6.09. The van der Waals surface area contributed by atoms with E-state index in [0.717, 1.165) is 25.2 Å². The quantitative estimate of drug-likeness (QED) is 0.787. The predicted octanol–water partition coefficient (Wildman–Crippen LogP) is 4.00. The number of hydrogen-bond acceptors (Lipinski definition) is 4. The molecule has 1 fully saturated rings. The molecule has 0 aromatic heterocycles. The molecule has 0 saturated carbocycles. The van der Waals surface area contributed by atoms with Gasteiger partial charge in [-0.1, -0.05) is 58.9 Å². The molecule has 1 saturated heterocycles. The molecular weight excluding hydrogens is 364 g/mol. The third-order valence-corrected chi connectivity index (χ3v) is 6.04. The standard InChI is InChI=1S/C24H34N2O3/c1-16(2)21(27)19-20(17-8-10-18(11-9-17)24(3,4)5)26(23(29)22(19)28)15-14-25-12-6-7-13-25/h8-11,16,20,28H,6-7,12-15H2,1-5H3. The first-order valence-corrected chi connectivity index (χ1v) is 10.7. The fourth-order valence-corrected chi connectivity index (χ4v) is 4.21. The van der Waals surface area contributed by atoms with Crippen molar-refractivity contribution >= 4 is 11.7 Å². The topological polar surface area (TPSA) is 60.9 Å². The first-order chi connectivity index (χ1) is 13.6. The van der Waals surface area contributed by atoms with Gasteiger partial charge in [0.1, 0.15) is 0 Å². The van der Waals surface area contributed by atoms with Gasteiger partial charge in [-0.05, 0) is 42.5 Å². The number of aliphatic hydroxyl groups excluding tert-OH is 1. The van der Waals surface area contributed by atoms with Gasteiger partial charge in [0.05, 0.1) is 11.6 Å². The molecule has 29 heavy (non-hydrogen) atoms. The van der Waals surface area contributed by atoms with Crippen LogP contribution in [0.5, 0.6) is 0 Å². The molecule has 0 aliphatic carbocycles. The zero-order valence-corrected chi connectivity index (χ0v) is 18.4. The number of carbonyl (C=O) groups is 2. The second-order valence-corrected chi connectivity index (χ2v) is 9.60. The second-order valence-electron chi connectivity index (χ2n) is 9.60. The third kappa shape index (κ3) is 4.40. The summed E-state index contributed by atoms with van der Waals surface area (Å²) in [7, 11) is 0. The molecular formula is C24H34N2O3. The van der Waals surface area contributed by atoms with E-state index in [1.165, 1.54) is 18.4 Å². The van der Waals surface area contributed by atoms with Crippen molar-refractivity contribution in [1.29, 1.82) is 0 Å². The smallest absolute Gasteiger partial charge is 0.290 e. The van der Waals surface area contributed by atoms with E-state index >= 15 is 0 Å². The number of amides is 1. The Morgan fingerprint density at radius 2 is 1.69 bits per heavy atom. The van der Waals surface area contributed by atoms with Crippen molar-refractivity contribution in [1.82, 2.24) is 9.80 Å². The number of benzene rings is 1. The van der Waals surface area contributed by atoms with Crippen molar-refractivity contribution in [3.63, 3.8) is 0 Å². The van der Waals surface area contributed by atoms with Gasteiger partial charge in [-0.3, -0.25) is 9.59 Å². The van der Waals surface area contributed by atoms with E-state index in [4.69, 9.17) is 0 Å². The summed E-state index contributed by atoms with van der Waals surface area (Å²) in [5, 5.41) is 10.6. The maximum Gasteiger partial charge on any atom is 0.290 e. The highest BCUT2D eigenvalue weighted by Crippen LogP contribution is 2.39. The van der Waals surface area contributed by atoms with E-state index < -0.39 is 11.9 Å². The Labute approximate surface area is 174 Å². The molecule has 5 nitrogen and oxygen atoms in total. The van der Waals surface area contributed by atoms with Gasteiger partial charge in [-0.25, -0.2) is 0 Å². The molecule has 1 aromatic rings. The van der Waals surface area contributed by atoms with Crippen LogP contribution in [0.15, 0.2) is 35.6 Å². The molecule has 5 heteroatoms. The summed E-state index contributed by atoms with van der Waals surface area (Å²) >= 11 is 0. The summed E-state index contributed by atoms with van der Waals surface area (Å²) in [6.45, 7) is 13.4. The van der Waals surface area contributed by atoms with Crippen LogP contribution in [0.25, 0.3) is 0 Å². The van der Waals surface area contributed by atoms with Gasteiger partial charge in [0.15, 0.2) is 11.5 Å². The van der Waals surface area contributed by atoms with Gasteiger partial charge >= 0.3 is 0 Å². The Hall–Kier alpha value is -2.14. The summed E-state index contributed by atoms with van der Waals surface area (Å²) in [6, 6.07) is 7.59. The van der Waals surface area contributed by atoms with E-state index in [1.807, 2.05) is 12.1 Å².